The van der Waals surface area contributed by atoms with Crippen LogP contribution in [0.15, 0.2) is 24.3 Å². The molecule has 0 bridgehead atoms. The van der Waals surface area contributed by atoms with Crippen LogP contribution in [0.5, 0.6) is 0 Å². The van der Waals surface area contributed by atoms with Crippen molar-refractivity contribution in [3.63, 3.8) is 0 Å². The van der Waals surface area contributed by atoms with Gasteiger partial charge in [-0.3, -0.25) is 4.79 Å². The number of carbonyl (C=O) groups excluding carboxylic acids is 1. The zero-order valence-corrected chi connectivity index (χ0v) is 13.6. The third-order valence-electron chi connectivity index (χ3n) is 4.05. The second-order valence-corrected chi connectivity index (χ2v) is 6.13. The summed E-state index contributed by atoms with van der Waals surface area (Å²) in [7, 11) is 0. The highest BCUT2D eigenvalue weighted by molar-refractivity contribution is 6.18. The molecule has 1 fully saturated rings. The van der Waals surface area contributed by atoms with Crippen molar-refractivity contribution in [1.82, 2.24) is 9.80 Å². The molecule has 21 heavy (non-hydrogen) atoms. The molecule has 0 atom stereocenters. The van der Waals surface area contributed by atoms with Crippen LogP contribution >= 0.6 is 11.6 Å². The minimum atomic E-state index is 0.282. The largest absolute Gasteiger partial charge is 0.341 e. The summed E-state index contributed by atoms with van der Waals surface area (Å²) in [6, 6.07) is 8.42. The summed E-state index contributed by atoms with van der Waals surface area (Å²) < 4.78 is 0. The molecule has 0 saturated carbocycles. The maximum Gasteiger partial charge on any atom is 0.222 e. The predicted molar refractivity (Wildman–Crippen MR) is 87.9 cm³/mol. The second kappa shape index (κ2) is 8.40. The fourth-order valence-corrected chi connectivity index (χ4v) is 3.08. The Hall–Kier alpha value is -1.06. The first-order chi connectivity index (χ1) is 10.2. The van der Waals surface area contributed by atoms with Crippen LogP contribution < -0.4 is 0 Å². The summed E-state index contributed by atoms with van der Waals surface area (Å²) in [5.41, 5.74) is 2.51. The van der Waals surface area contributed by atoms with Gasteiger partial charge in [-0.1, -0.05) is 29.8 Å². The Morgan fingerprint density at radius 1 is 1.24 bits per heavy atom. The molecule has 116 valence electrons. The molecular formula is C17H25ClN2O. The monoisotopic (exact) mass is 308 g/mol. The van der Waals surface area contributed by atoms with Gasteiger partial charge in [-0.2, -0.15) is 0 Å². The van der Waals surface area contributed by atoms with Gasteiger partial charge >= 0.3 is 0 Å². The quantitative estimate of drug-likeness (QED) is 0.781. The number of amides is 1. The van der Waals surface area contributed by atoms with Crippen molar-refractivity contribution < 1.29 is 4.79 Å². The molecule has 1 aliphatic heterocycles. The van der Waals surface area contributed by atoms with Gasteiger partial charge in [0.1, 0.15) is 0 Å². The highest BCUT2D eigenvalue weighted by atomic mass is 35.5. The van der Waals surface area contributed by atoms with Gasteiger partial charge in [0.2, 0.25) is 5.91 Å². The van der Waals surface area contributed by atoms with E-state index in [1.54, 1.807) is 0 Å². The summed E-state index contributed by atoms with van der Waals surface area (Å²) in [5, 5.41) is 0. The highest BCUT2D eigenvalue weighted by Gasteiger charge is 2.18. The smallest absolute Gasteiger partial charge is 0.222 e. The normalized spacial score (nSPS) is 16.8. The van der Waals surface area contributed by atoms with Crippen molar-refractivity contribution in [3.05, 3.63) is 35.4 Å². The number of nitrogens with zero attached hydrogens (tertiary/aromatic N) is 2. The van der Waals surface area contributed by atoms with E-state index in [-0.39, 0.29) is 5.91 Å². The fourth-order valence-electron chi connectivity index (χ4n) is 2.84. The van der Waals surface area contributed by atoms with Crippen molar-refractivity contribution in [2.45, 2.75) is 26.2 Å². The van der Waals surface area contributed by atoms with E-state index in [0.29, 0.717) is 12.3 Å². The van der Waals surface area contributed by atoms with Gasteiger partial charge in [-0.15, -0.1) is 11.6 Å². The van der Waals surface area contributed by atoms with Gasteiger partial charge in [0.25, 0.3) is 0 Å². The standard InChI is InChI=1S/C17H25ClN2O/c1-15-4-2-5-16(14-15)6-7-17(21)20-10-3-9-19(11-8-18)12-13-20/h2,4-5,14H,3,6-13H2,1H3. The first kappa shape index (κ1) is 16.3. The van der Waals surface area contributed by atoms with Gasteiger partial charge in [-0.05, 0) is 31.9 Å². The number of halogens is 1. The van der Waals surface area contributed by atoms with E-state index >= 15 is 0 Å². The van der Waals surface area contributed by atoms with Crippen LogP contribution in [0, 0.1) is 6.92 Å². The van der Waals surface area contributed by atoms with Crippen LogP contribution in [0.3, 0.4) is 0 Å². The number of rotatable bonds is 5. The lowest BCUT2D eigenvalue weighted by Gasteiger charge is -2.21. The number of aryl methyl sites for hydroxylation is 2. The molecule has 0 unspecified atom stereocenters. The lowest BCUT2D eigenvalue weighted by Crippen LogP contribution is -2.35. The van der Waals surface area contributed by atoms with Crippen molar-refractivity contribution in [1.29, 1.82) is 0 Å². The molecule has 4 heteroatoms. The Balaban J connectivity index is 1.80. The van der Waals surface area contributed by atoms with E-state index in [1.165, 1.54) is 11.1 Å². The SMILES string of the molecule is Cc1cccc(CCC(=O)N2CCCN(CCCl)CC2)c1. The van der Waals surface area contributed by atoms with Gasteiger partial charge in [0, 0.05) is 38.5 Å². The van der Waals surface area contributed by atoms with Gasteiger partial charge < -0.3 is 9.80 Å². The molecule has 1 heterocycles. The third kappa shape index (κ3) is 5.33. The van der Waals surface area contributed by atoms with Crippen LogP contribution in [0.2, 0.25) is 0 Å². The van der Waals surface area contributed by atoms with Crippen molar-refractivity contribution in [2.75, 3.05) is 38.6 Å². The topological polar surface area (TPSA) is 23.6 Å². The predicted octanol–water partition coefficient (Wildman–Crippen LogP) is 2.70. The highest BCUT2D eigenvalue weighted by Crippen LogP contribution is 2.10. The van der Waals surface area contributed by atoms with Crippen LogP contribution in [0.4, 0.5) is 0 Å². The lowest BCUT2D eigenvalue weighted by molar-refractivity contribution is -0.131. The maximum absolute atomic E-state index is 12.4. The number of hydrogen-bond donors (Lipinski definition) is 0. The zero-order chi connectivity index (χ0) is 15.1. The van der Waals surface area contributed by atoms with Crippen LogP contribution in [-0.4, -0.2) is 54.3 Å². The van der Waals surface area contributed by atoms with Crippen LogP contribution in [0.1, 0.15) is 24.0 Å². The average Bonchev–Trinajstić information content (AvgIpc) is 2.71. The summed E-state index contributed by atoms with van der Waals surface area (Å²) in [6.07, 6.45) is 2.49. The molecular weight excluding hydrogens is 284 g/mol. The van der Waals surface area contributed by atoms with Crippen molar-refractivity contribution in [3.8, 4) is 0 Å². The summed E-state index contributed by atoms with van der Waals surface area (Å²) in [6.45, 7) is 6.73. The minimum Gasteiger partial charge on any atom is -0.341 e. The molecule has 0 aliphatic carbocycles. The number of alkyl halides is 1. The van der Waals surface area contributed by atoms with Gasteiger partial charge in [0.15, 0.2) is 0 Å². The fraction of sp³-hybridized carbons (Fsp3) is 0.588. The molecule has 1 aromatic rings. The number of hydrogen-bond acceptors (Lipinski definition) is 2. The molecule has 1 aliphatic rings. The molecule has 2 rings (SSSR count). The first-order valence-corrected chi connectivity index (χ1v) is 8.34. The summed E-state index contributed by atoms with van der Waals surface area (Å²) >= 11 is 5.80. The van der Waals surface area contributed by atoms with E-state index in [2.05, 4.69) is 36.1 Å². The maximum atomic E-state index is 12.4. The molecule has 3 nitrogen and oxygen atoms in total. The summed E-state index contributed by atoms with van der Waals surface area (Å²) in [4.78, 5) is 16.7. The van der Waals surface area contributed by atoms with Crippen LogP contribution in [-0.2, 0) is 11.2 Å². The van der Waals surface area contributed by atoms with Gasteiger partial charge in [0.05, 0.1) is 0 Å². The molecule has 1 aromatic carbocycles. The molecule has 0 N–H and O–H groups in total. The third-order valence-corrected chi connectivity index (χ3v) is 4.22. The Labute approximate surface area is 132 Å². The Morgan fingerprint density at radius 3 is 2.86 bits per heavy atom. The lowest BCUT2D eigenvalue weighted by atomic mass is 10.1. The van der Waals surface area contributed by atoms with Crippen LogP contribution in [0.25, 0.3) is 0 Å². The molecule has 0 aromatic heterocycles. The van der Waals surface area contributed by atoms with E-state index in [4.69, 9.17) is 11.6 Å². The Bertz CT molecular complexity index is 464. The zero-order valence-electron chi connectivity index (χ0n) is 12.9. The average molecular weight is 309 g/mol. The van der Waals surface area contributed by atoms with Gasteiger partial charge in [-0.25, -0.2) is 0 Å². The Morgan fingerprint density at radius 2 is 2.10 bits per heavy atom. The number of benzene rings is 1. The van der Waals surface area contributed by atoms with Crippen molar-refractivity contribution >= 4 is 17.5 Å². The summed E-state index contributed by atoms with van der Waals surface area (Å²) in [5.74, 6) is 0.950. The molecule has 1 amide bonds. The van der Waals surface area contributed by atoms with Crippen molar-refractivity contribution in [2.24, 2.45) is 0 Å². The second-order valence-electron chi connectivity index (χ2n) is 5.75. The Kier molecular flexibility index (Phi) is 6.52. The minimum absolute atomic E-state index is 0.282. The van der Waals surface area contributed by atoms with E-state index in [1.807, 2.05) is 4.90 Å². The van der Waals surface area contributed by atoms with E-state index in [0.717, 1.165) is 45.6 Å². The first-order valence-electron chi connectivity index (χ1n) is 7.80. The van der Waals surface area contributed by atoms with E-state index in [9.17, 15) is 4.79 Å². The van der Waals surface area contributed by atoms with E-state index < -0.39 is 0 Å². The molecule has 0 spiro atoms. The number of carbonyl (C=O) groups is 1. The molecule has 1 saturated heterocycles. The molecule has 0 radical (unpaired) electrons.